The third-order valence-corrected chi connectivity index (χ3v) is 4.67. The molecule has 0 radical (unpaired) electrons. The maximum atomic E-state index is 9.30. The zero-order chi connectivity index (χ0) is 15.3. The second-order valence-corrected chi connectivity index (χ2v) is 6.61. The molecule has 0 bridgehead atoms. The third kappa shape index (κ3) is 5.01. The van der Waals surface area contributed by atoms with E-state index in [0.29, 0.717) is 17.8 Å². The minimum Gasteiger partial charge on any atom is -0.508 e. The summed E-state index contributed by atoms with van der Waals surface area (Å²) in [5, 5.41) is 13.1. The summed E-state index contributed by atoms with van der Waals surface area (Å²) in [6, 6.07) is 8.61. The quantitative estimate of drug-likeness (QED) is 0.840. The monoisotopic (exact) mass is 291 g/mol. The van der Waals surface area contributed by atoms with Crippen molar-refractivity contribution in [3.8, 4) is 5.75 Å². The van der Waals surface area contributed by atoms with Crippen LogP contribution >= 0.6 is 0 Å². The highest BCUT2D eigenvalue weighted by Crippen LogP contribution is 2.28. The molecule has 0 spiro atoms. The Morgan fingerprint density at radius 3 is 2.76 bits per heavy atom. The fourth-order valence-electron chi connectivity index (χ4n) is 3.05. The first-order chi connectivity index (χ1) is 10.0. The molecule has 1 aliphatic rings. The molecule has 118 valence electrons. The van der Waals surface area contributed by atoms with E-state index in [9.17, 15) is 5.11 Å². The van der Waals surface area contributed by atoms with Crippen LogP contribution in [0.2, 0.25) is 0 Å². The molecule has 1 saturated heterocycles. The summed E-state index contributed by atoms with van der Waals surface area (Å²) >= 11 is 0. The maximum Gasteiger partial charge on any atom is 0.115 e. The van der Waals surface area contributed by atoms with Crippen molar-refractivity contribution in [2.45, 2.75) is 70.6 Å². The maximum absolute atomic E-state index is 9.30. The Balaban J connectivity index is 1.76. The Kier molecular flexibility index (Phi) is 5.65. The standard InChI is InChI=1S/C18H29NO2/c1-4-18(3)13-16(11-12-21-18)19-14(2)5-6-15-7-9-17(20)10-8-15/h7-10,14,16,19-20H,4-6,11-13H2,1-3H3. The Morgan fingerprint density at radius 2 is 2.10 bits per heavy atom. The Morgan fingerprint density at radius 1 is 1.38 bits per heavy atom. The molecular weight excluding hydrogens is 262 g/mol. The van der Waals surface area contributed by atoms with E-state index in [4.69, 9.17) is 4.74 Å². The summed E-state index contributed by atoms with van der Waals surface area (Å²) in [5.74, 6) is 0.339. The molecular formula is C18H29NO2. The molecule has 2 N–H and O–H groups in total. The first kappa shape index (κ1) is 16.3. The lowest BCUT2D eigenvalue weighted by molar-refractivity contribution is -0.0789. The van der Waals surface area contributed by atoms with E-state index in [-0.39, 0.29) is 5.60 Å². The number of hydrogen-bond acceptors (Lipinski definition) is 3. The Hall–Kier alpha value is -1.06. The van der Waals surface area contributed by atoms with Gasteiger partial charge in [-0.1, -0.05) is 19.1 Å². The lowest BCUT2D eigenvalue weighted by Gasteiger charge is -2.39. The van der Waals surface area contributed by atoms with Crippen LogP contribution in [0.15, 0.2) is 24.3 Å². The Bertz CT molecular complexity index is 431. The molecule has 0 aromatic heterocycles. The molecule has 3 unspecified atom stereocenters. The number of rotatable bonds is 6. The topological polar surface area (TPSA) is 41.5 Å². The van der Waals surface area contributed by atoms with Gasteiger partial charge in [-0.25, -0.2) is 0 Å². The van der Waals surface area contributed by atoms with E-state index in [1.165, 1.54) is 5.56 Å². The molecule has 1 aliphatic heterocycles. The summed E-state index contributed by atoms with van der Waals surface area (Å²) in [7, 11) is 0. The van der Waals surface area contributed by atoms with Crippen LogP contribution in [0, 0.1) is 0 Å². The lowest BCUT2D eigenvalue weighted by Crippen LogP contribution is -2.47. The van der Waals surface area contributed by atoms with Crippen molar-refractivity contribution < 1.29 is 9.84 Å². The van der Waals surface area contributed by atoms with Crippen molar-refractivity contribution in [2.75, 3.05) is 6.61 Å². The number of aromatic hydroxyl groups is 1. The molecule has 1 aromatic carbocycles. The highest BCUT2D eigenvalue weighted by molar-refractivity contribution is 5.25. The van der Waals surface area contributed by atoms with Crippen molar-refractivity contribution in [1.29, 1.82) is 0 Å². The molecule has 0 amide bonds. The van der Waals surface area contributed by atoms with E-state index in [1.54, 1.807) is 12.1 Å². The van der Waals surface area contributed by atoms with Crippen LogP contribution in [0.4, 0.5) is 0 Å². The van der Waals surface area contributed by atoms with Gasteiger partial charge in [-0.05, 0) is 63.6 Å². The van der Waals surface area contributed by atoms with Crippen LogP contribution in [0.3, 0.4) is 0 Å². The van der Waals surface area contributed by atoms with Crippen LogP contribution in [0.1, 0.15) is 52.0 Å². The third-order valence-electron chi connectivity index (χ3n) is 4.67. The molecule has 0 aliphatic carbocycles. The van der Waals surface area contributed by atoms with Crippen molar-refractivity contribution >= 4 is 0 Å². The molecule has 3 nitrogen and oxygen atoms in total. The van der Waals surface area contributed by atoms with Gasteiger partial charge in [0, 0.05) is 18.7 Å². The number of benzene rings is 1. The number of phenolic OH excluding ortho intramolecular Hbond substituents is 1. The number of ether oxygens (including phenoxy) is 1. The Labute approximate surface area is 128 Å². The van der Waals surface area contributed by atoms with Crippen molar-refractivity contribution in [3.05, 3.63) is 29.8 Å². The van der Waals surface area contributed by atoms with Crippen molar-refractivity contribution in [2.24, 2.45) is 0 Å². The van der Waals surface area contributed by atoms with Crippen LogP contribution in [0.5, 0.6) is 5.75 Å². The number of phenols is 1. The first-order valence-corrected chi connectivity index (χ1v) is 8.18. The van der Waals surface area contributed by atoms with Gasteiger partial charge in [0.05, 0.1) is 5.60 Å². The summed E-state index contributed by atoms with van der Waals surface area (Å²) in [5.41, 5.74) is 1.33. The molecule has 3 atom stereocenters. The van der Waals surface area contributed by atoms with Gasteiger partial charge in [-0.15, -0.1) is 0 Å². The molecule has 1 fully saturated rings. The number of aryl methyl sites for hydroxylation is 1. The predicted molar refractivity (Wildman–Crippen MR) is 86.7 cm³/mol. The molecule has 2 rings (SSSR count). The van der Waals surface area contributed by atoms with Gasteiger partial charge in [0.1, 0.15) is 5.75 Å². The average molecular weight is 291 g/mol. The molecule has 3 heteroatoms. The van der Waals surface area contributed by atoms with Crippen LogP contribution in [-0.4, -0.2) is 29.4 Å². The van der Waals surface area contributed by atoms with Crippen LogP contribution < -0.4 is 5.32 Å². The van der Waals surface area contributed by atoms with E-state index in [0.717, 1.165) is 38.7 Å². The zero-order valence-electron chi connectivity index (χ0n) is 13.6. The summed E-state index contributed by atoms with van der Waals surface area (Å²) in [6.45, 7) is 7.56. The van der Waals surface area contributed by atoms with E-state index in [1.807, 2.05) is 12.1 Å². The van der Waals surface area contributed by atoms with Crippen molar-refractivity contribution in [3.63, 3.8) is 0 Å². The fraction of sp³-hybridized carbons (Fsp3) is 0.667. The van der Waals surface area contributed by atoms with Crippen molar-refractivity contribution in [1.82, 2.24) is 5.32 Å². The van der Waals surface area contributed by atoms with Crippen LogP contribution in [-0.2, 0) is 11.2 Å². The summed E-state index contributed by atoms with van der Waals surface area (Å²) in [4.78, 5) is 0. The zero-order valence-corrected chi connectivity index (χ0v) is 13.6. The minimum atomic E-state index is 0.0482. The van der Waals surface area contributed by atoms with Gasteiger partial charge in [0.15, 0.2) is 0 Å². The van der Waals surface area contributed by atoms with Crippen LogP contribution in [0.25, 0.3) is 0 Å². The molecule has 1 heterocycles. The average Bonchev–Trinajstić information content (AvgIpc) is 2.47. The van der Waals surface area contributed by atoms with Gasteiger partial charge in [0.25, 0.3) is 0 Å². The molecule has 0 saturated carbocycles. The van der Waals surface area contributed by atoms with Gasteiger partial charge in [-0.3, -0.25) is 0 Å². The van der Waals surface area contributed by atoms with E-state index < -0.39 is 0 Å². The number of nitrogens with one attached hydrogen (secondary N) is 1. The van der Waals surface area contributed by atoms with Gasteiger partial charge in [0.2, 0.25) is 0 Å². The van der Waals surface area contributed by atoms with Gasteiger partial charge in [-0.2, -0.15) is 0 Å². The van der Waals surface area contributed by atoms with E-state index >= 15 is 0 Å². The second-order valence-electron chi connectivity index (χ2n) is 6.61. The minimum absolute atomic E-state index is 0.0482. The number of hydrogen-bond donors (Lipinski definition) is 2. The summed E-state index contributed by atoms with van der Waals surface area (Å²) in [6.07, 6.45) is 5.45. The highest BCUT2D eigenvalue weighted by Gasteiger charge is 2.31. The highest BCUT2D eigenvalue weighted by atomic mass is 16.5. The molecule has 1 aromatic rings. The normalized spacial score (nSPS) is 27.5. The first-order valence-electron chi connectivity index (χ1n) is 8.18. The van der Waals surface area contributed by atoms with Gasteiger partial charge >= 0.3 is 0 Å². The fourth-order valence-corrected chi connectivity index (χ4v) is 3.05. The van der Waals surface area contributed by atoms with Gasteiger partial charge < -0.3 is 15.2 Å². The lowest BCUT2D eigenvalue weighted by atomic mass is 9.89. The SMILES string of the molecule is CCC1(C)CC(NC(C)CCc2ccc(O)cc2)CCO1. The largest absolute Gasteiger partial charge is 0.508 e. The molecule has 21 heavy (non-hydrogen) atoms. The summed E-state index contributed by atoms with van der Waals surface area (Å²) < 4.78 is 5.90. The van der Waals surface area contributed by atoms with E-state index in [2.05, 4.69) is 26.1 Å². The predicted octanol–water partition coefficient (Wildman–Crippen LogP) is 3.65. The second kappa shape index (κ2) is 7.28. The smallest absolute Gasteiger partial charge is 0.115 e.